The second-order valence-electron chi connectivity index (χ2n) is 5.55. The molecule has 0 aromatic heterocycles. The Morgan fingerprint density at radius 3 is 2.76 bits per heavy atom. The molecule has 2 aliphatic rings. The topological polar surface area (TPSA) is 38.0 Å². The van der Waals surface area contributed by atoms with Gasteiger partial charge in [0, 0.05) is 16.7 Å². The fraction of sp³-hybridized carbons (Fsp3) is 0.571. The molecule has 2 fully saturated rings. The summed E-state index contributed by atoms with van der Waals surface area (Å²) in [6.45, 7) is 0.746. The summed E-state index contributed by atoms with van der Waals surface area (Å²) in [7, 11) is 0. The number of hydrogen-bond acceptors (Lipinski definition) is 2. The zero-order valence-electron chi connectivity index (χ0n) is 9.95. The van der Waals surface area contributed by atoms with Crippen LogP contribution < -0.4 is 11.1 Å². The molecule has 0 amide bonds. The minimum Gasteiger partial charge on any atom is -0.377 e. The Bertz CT molecular complexity index is 420. The second kappa shape index (κ2) is 4.29. The number of anilines is 1. The smallest absolute Gasteiger partial charge is 0.0526 e. The van der Waals surface area contributed by atoms with Gasteiger partial charge >= 0.3 is 0 Å². The molecule has 3 unspecified atom stereocenters. The van der Waals surface area contributed by atoms with Gasteiger partial charge in [-0.2, -0.15) is 0 Å². The average molecular weight is 295 g/mol. The summed E-state index contributed by atoms with van der Waals surface area (Å²) in [6.07, 6.45) is 5.37. The van der Waals surface area contributed by atoms with E-state index >= 15 is 0 Å². The van der Waals surface area contributed by atoms with E-state index in [1.165, 1.54) is 31.4 Å². The van der Waals surface area contributed by atoms with E-state index in [1.807, 2.05) is 6.07 Å². The van der Waals surface area contributed by atoms with E-state index in [-0.39, 0.29) is 5.54 Å². The first-order chi connectivity index (χ1) is 8.23. The van der Waals surface area contributed by atoms with Gasteiger partial charge in [0.15, 0.2) is 0 Å². The van der Waals surface area contributed by atoms with Gasteiger partial charge in [-0.25, -0.2) is 0 Å². The Morgan fingerprint density at radius 1 is 1.35 bits per heavy atom. The van der Waals surface area contributed by atoms with Crippen molar-refractivity contribution in [2.75, 3.05) is 11.9 Å². The second-order valence-corrected chi connectivity index (χ2v) is 6.40. The van der Waals surface area contributed by atoms with Crippen LogP contribution >= 0.6 is 15.9 Å². The third-order valence-electron chi connectivity index (χ3n) is 4.60. The summed E-state index contributed by atoms with van der Waals surface area (Å²) in [6, 6.07) is 8.34. The highest BCUT2D eigenvalue weighted by atomic mass is 79.9. The molecule has 92 valence electrons. The first kappa shape index (κ1) is 11.5. The monoisotopic (exact) mass is 294 g/mol. The maximum Gasteiger partial charge on any atom is 0.0526 e. The lowest BCUT2D eigenvalue weighted by atomic mass is 9.80. The molecule has 0 radical (unpaired) electrons. The summed E-state index contributed by atoms with van der Waals surface area (Å²) in [5.74, 6) is 1.67. The molecule has 0 saturated heterocycles. The molecule has 1 aromatic rings. The molecule has 0 heterocycles. The van der Waals surface area contributed by atoms with Gasteiger partial charge < -0.3 is 11.1 Å². The maximum atomic E-state index is 6.08. The van der Waals surface area contributed by atoms with Gasteiger partial charge in [0.25, 0.3) is 0 Å². The standard InChI is InChI=1S/C14H19BrN2/c15-12-3-1-2-4-13(12)17-14(9-16)8-10-5-6-11(14)7-10/h1-4,10-11,17H,5-9,16H2. The van der Waals surface area contributed by atoms with Gasteiger partial charge in [0.05, 0.1) is 5.54 Å². The first-order valence-electron chi connectivity index (χ1n) is 6.46. The Morgan fingerprint density at radius 2 is 2.18 bits per heavy atom. The highest BCUT2D eigenvalue weighted by molar-refractivity contribution is 9.10. The zero-order chi connectivity index (χ0) is 11.9. The van der Waals surface area contributed by atoms with Crippen LogP contribution in [0, 0.1) is 11.8 Å². The lowest BCUT2D eigenvalue weighted by Crippen LogP contribution is -2.49. The normalized spacial score (nSPS) is 35.2. The van der Waals surface area contributed by atoms with Crippen LogP contribution in [0.25, 0.3) is 0 Å². The third-order valence-corrected chi connectivity index (χ3v) is 5.29. The minimum atomic E-state index is 0.146. The lowest BCUT2D eigenvalue weighted by molar-refractivity contribution is 0.306. The predicted octanol–water partition coefficient (Wildman–Crippen LogP) is 3.38. The van der Waals surface area contributed by atoms with Crippen molar-refractivity contribution in [3.63, 3.8) is 0 Å². The van der Waals surface area contributed by atoms with E-state index in [0.717, 1.165) is 22.9 Å². The third kappa shape index (κ3) is 1.89. The van der Waals surface area contributed by atoms with Crippen LogP contribution in [0.2, 0.25) is 0 Å². The number of hydrogen-bond donors (Lipinski definition) is 2. The van der Waals surface area contributed by atoms with Crippen LogP contribution in [0.5, 0.6) is 0 Å². The summed E-state index contributed by atoms with van der Waals surface area (Å²) in [5, 5.41) is 3.73. The summed E-state index contributed by atoms with van der Waals surface area (Å²) in [4.78, 5) is 0. The molecule has 0 aliphatic heterocycles. The van der Waals surface area contributed by atoms with Gasteiger partial charge in [-0.1, -0.05) is 12.1 Å². The average Bonchev–Trinajstić information content (AvgIpc) is 2.93. The van der Waals surface area contributed by atoms with Crippen molar-refractivity contribution in [2.24, 2.45) is 17.6 Å². The van der Waals surface area contributed by atoms with Gasteiger partial charge in [-0.05, 0) is 65.6 Å². The van der Waals surface area contributed by atoms with Crippen molar-refractivity contribution >= 4 is 21.6 Å². The number of fused-ring (bicyclic) bond motifs is 2. The molecule has 3 atom stereocenters. The molecule has 17 heavy (non-hydrogen) atoms. The van der Waals surface area contributed by atoms with Crippen LogP contribution in [0.4, 0.5) is 5.69 Å². The van der Waals surface area contributed by atoms with Crippen LogP contribution in [-0.4, -0.2) is 12.1 Å². The maximum absolute atomic E-state index is 6.08. The van der Waals surface area contributed by atoms with E-state index < -0.39 is 0 Å². The number of para-hydroxylation sites is 1. The Kier molecular flexibility index (Phi) is 2.91. The summed E-state index contributed by atoms with van der Waals surface area (Å²) >= 11 is 3.61. The van der Waals surface area contributed by atoms with Crippen molar-refractivity contribution in [3.8, 4) is 0 Å². The predicted molar refractivity (Wildman–Crippen MR) is 75.0 cm³/mol. The molecule has 2 bridgehead atoms. The first-order valence-corrected chi connectivity index (χ1v) is 7.25. The fourth-order valence-electron chi connectivity index (χ4n) is 3.73. The van der Waals surface area contributed by atoms with Gasteiger partial charge in [0.1, 0.15) is 0 Å². The lowest BCUT2D eigenvalue weighted by Gasteiger charge is -2.39. The van der Waals surface area contributed by atoms with Gasteiger partial charge in [-0.3, -0.25) is 0 Å². The molecule has 2 saturated carbocycles. The molecule has 0 spiro atoms. The molecular formula is C14H19BrN2. The molecular weight excluding hydrogens is 276 g/mol. The Hall–Kier alpha value is -0.540. The highest BCUT2D eigenvalue weighted by Gasteiger charge is 2.50. The molecule has 2 aliphatic carbocycles. The number of nitrogens with two attached hydrogens (primary N) is 1. The van der Waals surface area contributed by atoms with Crippen molar-refractivity contribution in [1.29, 1.82) is 0 Å². The van der Waals surface area contributed by atoms with Crippen molar-refractivity contribution in [3.05, 3.63) is 28.7 Å². The van der Waals surface area contributed by atoms with Gasteiger partial charge in [-0.15, -0.1) is 0 Å². The van der Waals surface area contributed by atoms with E-state index in [4.69, 9.17) is 5.73 Å². The van der Waals surface area contributed by atoms with Crippen LogP contribution in [0.1, 0.15) is 25.7 Å². The summed E-state index contributed by atoms with van der Waals surface area (Å²) in [5.41, 5.74) is 7.41. The number of nitrogens with one attached hydrogen (secondary N) is 1. The molecule has 1 aromatic carbocycles. The van der Waals surface area contributed by atoms with E-state index in [1.54, 1.807) is 0 Å². The Balaban J connectivity index is 1.86. The SMILES string of the molecule is NCC1(Nc2ccccc2Br)CC2CCC1C2. The molecule has 2 nitrogen and oxygen atoms in total. The fourth-order valence-corrected chi connectivity index (χ4v) is 4.11. The molecule has 3 rings (SSSR count). The van der Waals surface area contributed by atoms with Crippen LogP contribution in [0.15, 0.2) is 28.7 Å². The van der Waals surface area contributed by atoms with E-state index in [0.29, 0.717) is 0 Å². The number of benzene rings is 1. The van der Waals surface area contributed by atoms with Crippen molar-refractivity contribution in [1.82, 2.24) is 0 Å². The minimum absolute atomic E-state index is 0.146. The largest absolute Gasteiger partial charge is 0.377 e. The van der Waals surface area contributed by atoms with Crippen LogP contribution in [0.3, 0.4) is 0 Å². The molecule has 3 N–H and O–H groups in total. The highest BCUT2D eigenvalue weighted by Crippen LogP contribution is 2.51. The number of halogens is 1. The van der Waals surface area contributed by atoms with Crippen molar-refractivity contribution < 1.29 is 0 Å². The van der Waals surface area contributed by atoms with E-state index in [9.17, 15) is 0 Å². The number of rotatable bonds is 3. The van der Waals surface area contributed by atoms with Gasteiger partial charge in [0.2, 0.25) is 0 Å². The van der Waals surface area contributed by atoms with Crippen LogP contribution in [-0.2, 0) is 0 Å². The Labute approximate surface area is 111 Å². The quantitative estimate of drug-likeness (QED) is 0.897. The van der Waals surface area contributed by atoms with Crippen molar-refractivity contribution in [2.45, 2.75) is 31.2 Å². The molecule has 3 heteroatoms. The zero-order valence-corrected chi connectivity index (χ0v) is 11.5. The van der Waals surface area contributed by atoms with E-state index in [2.05, 4.69) is 39.4 Å². The summed E-state index contributed by atoms with van der Waals surface area (Å²) < 4.78 is 1.13.